The molecule has 1 N–H and O–H groups in total. The van der Waals surface area contributed by atoms with Crippen molar-refractivity contribution in [1.82, 2.24) is 9.88 Å². The molecule has 0 bridgehead atoms. The Morgan fingerprint density at radius 3 is 2.50 bits per heavy atom. The maximum absolute atomic E-state index is 13.3. The summed E-state index contributed by atoms with van der Waals surface area (Å²) in [6, 6.07) is 13.8. The molecule has 1 amide bonds. The number of aliphatic hydroxyl groups is 1. The number of hydrogen-bond donors (Lipinski definition) is 1. The molecule has 1 aromatic heterocycles. The fraction of sp³-hybridized carbons (Fsp3) is 0.222. The predicted molar refractivity (Wildman–Crippen MR) is 125 cm³/mol. The fourth-order valence-corrected chi connectivity index (χ4v) is 4.44. The number of Topliss-reactive ketones (excluding diaryl/α,β-unsaturated/α-hetero) is 1. The van der Waals surface area contributed by atoms with E-state index in [1.807, 2.05) is 32.0 Å². The number of ketones is 1. The molecule has 7 nitrogen and oxygen atoms in total. The number of carbonyl (C=O) groups excluding carboxylic acids is 2. The van der Waals surface area contributed by atoms with Gasteiger partial charge in [0, 0.05) is 24.5 Å². The molecule has 1 fully saturated rings. The van der Waals surface area contributed by atoms with Crippen LogP contribution in [0.25, 0.3) is 5.76 Å². The van der Waals surface area contributed by atoms with Crippen LogP contribution in [0.2, 0.25) is 0 Å². The van der Waals surface area contributed by atoms with Gasteiger partial charge in [-0.1, -0.05) is 23.8 Å². The van der Waals surface area contributed by atoms with E-state index in [9.17, 15) is 14.7 Å². The number of aryl methyl sites for hydroxylation is 2. The summed E-state index contributed by atoms with van der Waals surface area (Å²) in [7, 11) is 0. The van der Waals surface area contributed by atoms with Crippen LogP contribution in [0.3, 0.4) is 0 Å². The molecule has 3 heterocycles. The summed E-state index contributed by atoms with van der Waals surface area (Å²) in [6.07, 6.45) is 3.22. The zero-order chi connectivity index (χ0) is 23.8. The number of nitrogens with zero attached hydrogens (tertiary/aromatic N) is 2. The predicted octanol–water partition coefficient (Wildman–Crippen LogP) is 4.09. The van der Waals surface area contributed by atoms with Crippen LogP contribution >= 0.6 is 0 Å². The maximum atomic E-state index is 13.3. The zero-order valence-corrected chi connectivity index (χ0v) is 18.9. The highest BCUT2D eigenvalue weighted by Crippen LogP contribution is 2.41. The number of amides is 1. The Kier molecular flexibility index (Phi) is 5.53. The number of ether oxygens (including phenoxy) is 2. The van der Waals surface area contributed by atoms with Gasteiger partial charge in [-0.05, 0) is 60.9 Å². The first-order chi connectivity index (χ1) is 16.4. The highest BCUT2D eigenvalue weighted by atomic mass is 16.6. The molecule has 2 aromatic carbocycles. The lowest BCUT2D eigenvalue weighted by atomic mass is 9.95. The zero-order valence-electron chi connectivity index (χ0n) is 18.9. The second-order valence-electron chi connectivity index (χ2n) is 8.50. The number of hydrogen-bond acceptors (Lipinski definition) is 6. The largest absolute Gasteiger partial charge is 0.507 e. The molecule has 0 aliphatic carbocycles. The fourth-order valence-electron chi connectivity index (χ4n) is 4.44. The lowest BCUT2D eigenvalue weighted by Crippen LogP contribution is -2.29. The Labute approximate surface area is 197 Å². The lowest BCUT2D eigenvalue weighted by molar-refractivity contribution is -0.140. The number of fused-ring (bicyclic) bond motifs is 1. The third-order valence-electron chi connectivity index (χ3n) is 6.22. The van der Waals surface area contributed by atoms with Crippen molar-refractivity contribution in [2.45, 2.75) is 26.4 Å². The summed E-state index contributed by atoms with van der Waals surface area (Å²) < 4.78 is 11.2. The molecule has 2 aliphatic heterocycles. The van der Waals surface area contributed by atoms with E-state index in [0.29, 0.717) is 35.8 Å². The Balaban J connectivity index is 1.63. The SMILES string of the molecule is Cc1ccc(C)c(CN2C(=O)C(=O)/C(=C(\O)c3ccc4c(c3)OCCO4)C2c2ccncc2)c1. The number of carbonyl (C=O) groups is 2. The minimum Gasteiger partial charge on any atom is -0.507 e. The summed E-state index contributed by atoms with van der Waals surface area (Å²) in [5.74, 6) is -0.564. The van der Waals surface area contributed by atoms with E-state index in [-0.39, 0.29) is 17.9 Å². The Morgan fingerprint density at radius 1 is 1.00 bits per heavy atom. The second kappa shape index (κ2) is 8.67. The topological polar surface area (TPSA) is 89.0 Å². The van der Waals surface area contributed by atoms with Crippen LogP contribution < -0.4 is 9.47 Å². The standard InChI is InChI=1S/C27H24N2O5/c1-16-3-4-17(2)20(13-16)15-29-24(18-7-9-28-10-8-18)23(26(31)27(29)32)25(30)19-5-6-21-22(14-19)34-12-11-33-21/h3-10,13-14,24,30H,11-12,15H2,1-2H3/b25-23-. The molecule has 34 heavy (non-hydrogen) atoms. The molecule has 7 heteroatoms. The van der Waals surface area contributed by atoms with E-state index in [1.165, 1.54) is 4.90 Å². The van der Waals surface area contributed by atoms with Crippen LogP contribution in [-0.2, 0) is 16.1 Å². The van der Waals surface area contributed by atoms with E-state index >= 15 is 0 Å². The van der Waals surface area contributed by atoms with Crippen LogP contribution in [0.4, 0.5) is 0 Å². The van der Waals surface area contributed by atoms with Gasteiger partial charge < -0.3 is 19.5 Å². The molecule has 0 saturated carbocycles. The number of benzene rings is 2. The van der Waals surface area contributed by atoms with Crippen LogP contribution in [0.1, 0.15) is 33.9 Å². The van der Waals surface area contributed by atoms with Crippen molar-refractivity contribution in [3.05, 3.63) is 94.3 Å². The average Bonchev–Trinajstić information content (AvgIpc) is 3.11. The van der Waals surface area contributed by atoms with Crippen molar-refractivity contribution in [3.63, 3.8) is 0 Å². The van der Waals surface area contributed by atoms with E-state index in [1.54, 1.807) is 42.7 Å². The number of rotatable bonds is 4. The molecule has 2 aliphatic rings. The highest BCUT2D eigenvalue weighted by molar-refractivity contribution is 6.46. The van der Waals surface area contributed by atoms with Crippen molar-refractivity contribution in [1.29, 1.82) is 0 Å². The molecular weight excluding hydrogens is 432 g/mol. The Bertz CT molecular complexity index is 1320. The van der Waals surface area contributed by atoms with Crippen molar-refractivity contribution >= 4 is 17.4 Å². The van der Waals surface area contributed by atoms with Crippen molar-refractivity contribution in [2.24, 2.45) is 0 Å². The summed E-state index contributed by atoms with van der Waals surface area (Å²) >= 11 is 0. The molecule has 1 atom stereocenters. The summed E-state index contributed by atoms with van der Waals surface area (Å²) in [4.78, 5) is 32.1. The molecule has 0 radical (unpaired) electrons. The molecule has 1 saturated heterocycles. The van der Waals surface area contributed by atoms with Gasteiger partial charge in [-0.2, -0.15) is 0 Å². The van der Waals surface area contributed by atoms with Crippen LogP contribution in [-0.4, -0.2) is 39.9 Å². The normalized spacial score (nSPS) is 18.9. The van der Waals surface area contributed by atoms with Crippen molar-refractivity contribution in [2.75, 3.05) is 13.2 Å². The van der Waals surface area contributed by atoms with Crippen molar-refractivity contribution < 1.29 is 24.2 Å². The van der Waals surface area contributed by atoms with E-state index in [4.69, 9.17) is 9.47 Å². The Morgan fingerprint density at radius 2 is 1.74 bits per heavy atom. The van der Waals surface area contributed by atoms with Crippen molar-refractivity contribution in [3.8, 4) is 11.5 Å². The Hall–Kier alpha value is -4.13. The molecule has 3 aromatic rings. The monoisotopic (exact) mass is 456 g/mol. The number of aromatic nitrogens is 1. The third-order valence-corrected chi connectivity index (χ3v) is 6.22. The molecule has 172 valence electrons. The molecule has 1 unspecified atom stereocenters. The molecule has 0 spiro atoms. The minimum atomic E-state index is -0.754. The summed E-state index contributed by atoms with van der Waals surface area (Å²) in [6.45, 7) is 5.04. The second-order valence-corrected chi connectivity index (χ2v) is 8.50. The van der Waals surface area contributed by atoms with E-state index in [0.717, 1.165) is 16.7 Å². The van der Waals surface area contributed by atoms with Gasteiger partial charge in [0.05, 0.1) is 11.6 Å². The highest BCUT2D eigenvalue weighted by Gasteiger charge is 2.46. The first-order valence-electron chi connectivity index (χ1n) is 11.1. The first-order valence-corrected chi connectivity index (χ1v) is 11.1. The van der Waals surface area contributed by atoms with Gasteiger partial charge in [0.2, 0.25) is 0 Å². The summed E-state index contributed by atoms with van der Waals surface area (Å²) in [5.41, 5.74) is 4.15. The minimum absolute atomic E-state index is 0.0400. The van der Waals surface area contributed by atoms with Gasteiger partial charge in [-0.3, -0.25) is 14.6 Å². The van der Waals surface area contributed by atoms with Gasteiger partial charge >= 0.3 is 0 Å². The number of aliphatic hydroxyl groups excluding tert-OH is 1. The van der Waals surface area contributed by atoms with E-state index in [2.05, 4.69) is 4.98 Å². The van der Waals surface area contributed by atoms with Crippen LogP contribution in [0.15, 0.2) is 66.5 Å². The van der Waals surface area contributed by atoms with Crippen LogP contribution in [0.5, 0.6) is 11.5 Å². The summed E-state index contributed by atoms with van der Waals surface area (Å²) in [5, 5.41) is 11.3. The molecular formula is C27H24N2O5. The third kappa shape index (κ3) is 3.79. The smallest absolute Gasteiger partial charge is 0.295 e. The van der Waals surface area contributed by atoms with Gasteiger partial charge in [0.15, 0.2) is 11.5 Å². The van der Waals surface area contributed by atoms with Gasteiger partial charge in [0.1, 0.15) is 19.0 Å². The maximum Gasteiger partial charge on any atom is 0.295 e. The quantitative estimate of drug-likeness (QED) is 0.361. The average molecular weight is 456 g/mol. The van der Waals surface area contributed by atoms with Crippen LogP contribution in [0, 0.1) is 13.8 Å². The van der Waals surface area contributed by atoms with Gasteiger partial charge in [-0.15, -0.1) is 0 Å². The molecule has 5 rings (SSSR count). The van der Waals surface area contributed by atoms with Gasteiger partial charge in [0.25, 0.3) is 11.7 Å². The van der Waals surface area contributed by atoms with E-state index < -0.39 is 17.7 Å². The lowest BCUT2D eigenvalue weighted by Gasteiger charge is -2.26. The van der Waals surface area contributed by atoms with Gasteiger partial charge in [-0.25, -0.2) is 0 Å². The first kappa shape index (κ1) is 21.7. The number of pyridine rings is 1. The number of likely N-dealkylation sites (tertiary alicyclic amines) is 1.